The highest BCUT2D eigenvalue weighted by molar-refractivity contribution is 5.33. The van der Waals surface area contributed by atoms with Crippen molar-refractivity contribution < 1.29 is 4.92 Å². The molecule has 1 aromatic heterocycles. The Morgan fingerprint density at radius 1 is 1.38 bits per heavy atom. The first-order chi connectivity index (χ1) is 7.65. The molecule has 0 aliphatic heterocycles. The van der Waals surface area contributed by atoms with Gasteiger partial charge in [0.25, 0.3) is 5.69 Å². The number of rotatable bonds is 3. The second-order valence-electron chi connectivity index (χ2n) is 3.26. The number of nitro groups is 1. The van der Waals surface area contributed by atoms with Crippen molar-refractivity contribution >= 4 is 11.5 Å². The average molecular weight is 219 g/mol. The van der Waals surface area contributed by atoms with E-state index >= 15 is 0 Å². The predicted octanol–water partition coefficient (Wildman–Crippen LogP) is 0.817. The number of anilines is 1. The molecule has 2 rings (SSSR count). The van der Waals surface area contributed by atoms with E-state index in [0.717, 1.165) is 5.56 Å². The summed E-state index contributed by atoms with van der Waals surface area (Å²) in [4.78, 5) is 10.0. The molecule has 0 atom stereocenters. The molecular formula is C9H9N5O2. The van der Waals surface area contributed by atoms with Crippen molar-refractivity contribution in [3.05, 3.63) is 46.1 Å². The molecule has 7 heteroatoms. The molecule has 82 valence electrons. The third kappa shape index (κ3) is 2.14. The zero-order valence-corrected chi connectivity index (χ0v) is 8.28. The summed E-state index contributed by atoms with van der Waals surface area (Å²) >= 11 is 0. The van der Waals surface area contributed by atoms with Crippen molar-refractivity contribution in [2.24, 2.45) is 0 Å². The minimum atomic E-state index is -0.433. The maximum atomic E-state index is 10.4. The molecule has 0 bridgehead atoms. The highest BCUT2D eigenvalue weighted by Crippen LogP contribution is 2.12. The van der Waals surface area contributed by atoms with Gasteiger partial charge in [-0.15, -0.1) is 5.10 Å². The van der Waals surface area contributed by atoms with Crippen LogP contribution in [0, 0.1) is 10.1 Å². The Hall–Kier alpha value is -2.44. The summed E-state index contributed by atoms with van der Waals surface area (Å²) in [6, 6.07) is 6.26. The van der Waals surface area contributed by atoms with Gasteiger partial charge in [-0.25, -0.2) is 4.68 Å². The van der Waals surface area contributed by atoms with Crippen LogP contribution in [0.5, 0.6) is 0 Å². The highest BCUT2D eigenvalue weighted by atomic mass is 16.6. The number of hydrogen-bond acceptors (Lipinski definition) is 5. The number of nitrogens with two attached hydrogens (primary N) is 1. The largest absolute Gasteiger partial charge is 0.381 e. The van der Waals surface area contributed by atoms with E-state index in [2.05, 4.69) is 10.3 Å². The second-order valence-corrected chi connectivity index (χ2v) is 3.26. The van der Waals surface area contributed by atoms with Gasteiger partial charge in [-0.05, 0) is 5.56 Å². The number of nitrogen functional groups attached to an aromatic ring is 1. The fourth-order valence-corrected chi connectivity index (χ4v) is 1.30. The molecule has 2 N–H and O–H groups in total. The molecule has 7 nitrogen and oxygen atoms in total. The van der Waals surface area contributed by atoms with Crippen molar-refractivity contribution in [1.82, 2.24) is 15.0 Å². The van der Waals surface area contributed by atoms with Crippen molar-refractivity contribution in [2.75, 3.05) is 5.73 Å². The number of hydrogen-bond donors (Lipinski definition) is 1. The lowest BCUT2D eigenvalue weighted by Crippen LogP contribution is -2.00. The molecule has 0 amide bonds. The molecule has 2 aromatic rings. The van der Waals surface area contributed by atoms with Gasteiger partial charge in [-0.1, -0.05) is 17.3 Å². The number of benzene rings is 1. The third-order valence-electron chi connectivity index (χ3n) is 2.05. The molecule has 0 aliphatic carbocycles. The van der Waals surface area contributed by atoms with E-state index in [0.29, 0.717) is 12.4 Å². The number of aromatic nitrogens is 3. The fraction of sp³-hybridized carbons (Fsp3) is 0.111. The number of nitrogens with zero attached hydrogens (tertiary/aromatic N) is 4. The molecular weight excluding hydrogens is 210 g/mol. The first-order valence-corrected chi connectivity index (χ1v) is 4.54. The topological polar surface area (TPSA) is 99.9 Å². The summed E-state index contributed by atoms with van der Waals surface area (Å²) in [6.45, 7) is 0.488. The van der Waals surface area contributed by atoms with E-state index in [1.54, 1.807) is 23.0 Å². The van der Waals surface area contributed by atoms with Crippen LogP contribution in [0.25, 0.3) is 0 Å². The zero-order chi connectivity index (χ0) is 11.5. The summed E-state index contributed by atoms with van der Waals surface area (Å²) in [5, 5.41) is 17.9. The summed E-state index contributed by atoms with van der Waals surface area (Å²) in [6.07, 6.45) is 1.60. The van der Waals surface area contributed by atoms with Crippen LogP contribution in [-0.4, -0.2) is 19.9 Å². The maximum absolute atomic E-state index is 10.4. The average Bonchev–Trinajstić information content (AvgIpc) is 2.65. The molecule has 0 saturated carbocycles. The quantitative estimate of drug-likeness (QED) is 0.608. The Morgan fingerprint density at radius 3 is 2.56 bits per heavy atom. The Kier molecular flexibility index (Phi) is 2.50. The van der Waals surface area contributed by atoms with E-state index in [9.17, 15) is 10.1 Å². The molecule has 1 aromatic carbocycles. The number of nitro benzene ring substituents is 1. The molecule has 0 fully saturated rings. The third-order valence-corrected chi connectivity index (χ3v) is 2.05. The Bertz CT molecular complexity index is 505. The van der Waals surface area contributed by atoms with Crippen LogP contribution in [-0.2, 0) is 6.54 Å². The normalized spacial score (nSPS) is 10.2. The van der Waals surface area contributed by atoms with Gasteiger partial charge < -0.3 is 5.73 Å². The van der Waals surface area contributed by atoms with Crippen molar-refractivity contribution in [2.45, 2.75) is 6.54 Å². The van der Waals surface area contributed by atoms with Crippen molar-refractivity contribution in [3.63, 3.8) is 0 Å². The lowest BCUT2D eigenvalue weighted by Gasteiger charge is -1.99. The molecule has 0 aliphatic rings. The minimum Gasteiger partial charge on any atom is -0.381 e. The SMILES string of the molecule is Nc1cn(Cc2ccc([N+](=O)[O-])cc2)nn1. The smallest absolute Gasteiger partial charge is 0.269 e. The Balaban J connectivity index is 2.14. The lowest BCUT2D eigenvalue weighted by molar-refractivity contribution is -0.384. The van der Waals surface area contributed by atoms with E-state index in [4.69, 9.17) is 5.73 Å². The summed E-state index contributed by atoms with van der Waals surface area (Å²) in [5.41, 5.74) is 6.38. The predicted molar refractivity (Wildman–Crippen MR) is 56.6 cm³/mol. The summed E-state index contributed by atoms with van der Waals surface area (Å²) < 4.78 is 1.57. The zero-order valence-electron chi connectivity index (χ0n) is 8.28. The van der Waals surface area contributed by atoms with Gasteiger partial charge in [0.05, 0.1) is 17.7 Å². The first kappa shape index (κ1) is 10.1. The standard InChI is InChI=1S/C9H9N5O2/c10-9-6-13(12-11-9)5-7-1-3-8(4-2-7)14(15)16/h1-4,6H,5,10H2. The molecule has 1 heterocycles. The van der Waals surface area contributed by atoms with Crippen LogP contribution >= 0.6 is 0 Å². The van der Waals surface area contributed by atoms with Gasteiger partial charge in [-0.3, -0.25) is 10.1 Å². The lowest BCUT2D eigenvalue weighted by atomic mass is 10.2. The summed E-state index contributed by atoms with van der Waals surface area (Å²) in [7, 11) is 0. The van der Waals surface area contributed by atoms with E-state index in [1.807, 2.05) is 0 Å². The van der Waals surface area contributed by atoms with E-state index in [-0.39, 0.29) is 5.69 Å². The van der Waals surface area contributed by atoms with Crippen LogP contribution in [0.3, 0.4) is 0 Å². The molecule has 16 heavy (non-hydrogen) atoms. The van der Waals surface area contributed by atoms with Gasteiger partial charge in [0.15, 0.2) is 5.82 Å². The first-order valence-electron chi connectivity index (χ1n) is 4.54. The van der Waals surface area contributed by atoms with Gasteiger partial charge in [0, 0.05) is 12.1 Å². The molecule has 0 radical (unpaired) electrons. The monoisotopic (exact) mass is 219 g/mol. The van der Waals surface area contributed by atoms with E-state index < -0.39 is 4.92 Å². The second kappa shape index (κ2) is 3.97. The van der Waals surface area contributed by atoms with Crippen molar-refractivity contribution in [1.29, 1.82) is 0 Å². The molecule has 0 unspecified atom stereocenters. The van der Waals surface area contributed by atoms with Crippen LogP contribution in [0.2, 0.25) is 0 Å². The number of non-ortho nitro benzene ring substituents is 1. The van der Waals surface area contributed by atoms with Gasteiger partial charge in [0.2, 0.25) is 0 Å². The van der Waals surface area contributed by atoms with Crippen LogP contribution in [0.15, 0.2) is 30.5 Å². The Labute approximate surface area is 90.6 Å². The fourth-order valence-electron chi connectivity index (χ4n) is 1.30. The van der Waals surface area contributed by atoms with Gasteiger partial charge >= 0.3 is 0 Å². The van der Waals surface area contributed by atoms with Crippen molar-refractivity contribution in [3.8, 4) is 0 Å². The van der Waals surface area contributed by atoms with Crippen LogP contribution in [0.1, 0.15) is 5.56 Å². The minimum absolute atomic E-state index is 0.0712. The van der Waals surface area contributed by atoms with Crippen LogP contribution < -0.4 is 5.73 Å². The Morgan fingerprint density at radius 2 is 2.06 bits per heavy atom. The van der Waals surface area contributed by atoms with Gasteiger partial charge in [-0.2, -0.15) is 0 Å². The maximum Gasteiger partial charge on any atom is 0.269 e. The van der Waals surface area contributed by atoms with Gasteiger partial charge in [0.1, 0.15) is 0 Å². The molecule has 0 spiro atoms. The van der Waals surface area contributed by atoms with E-state index in [1.165, 1.54) is 12.1 Å². The molecule has 0 saturated heterocycles. The highest BCUT2D eigenvalue weighted by Gasteiger charge is 2.04. The summed E-state index contributed by atoms with van der Waals surface area (Å²) in [5.74, 6) is 0.349. The van der Waals surface area contributed by atoms with Crippen LogP contribution in [0.4, 0.5) is 11.5 Å².